The number of nitrogens with zero attached hydrogens (tertiary/aromatic N) is 1. The molecule has 176 valence electrons. The smallest absolute Gasteiger partial charge is 0.407 e. The van der Waals surface area contributed by atoms with Crippen LogP contribution in [0.3, 0.4) is 0 Å². The van der Waals surface area contributed by atoms with Gasteiger partial charge in [-0.1, -0.05) is 0 Å². The summed E-state index contributed by atoms with van der Waals surface area (Å²) in [5, 5.41) is 3.38. The van der Waals surface area contributed by atoms with Gasteiger partial charge >= 0.3 is 6.09 Å². The monoisotopic (exact) mass is 472 g/mol. The number of aromatic nitrogens is 1. The molecule has 9 nitrogen and oxygen atoms in total. The molecule has 1 amide bonds. The molecule has 1 atom stereocenters. The second-order valence-electron chi connectivity index (χ2n) is 8.14. The topological polar surface area (TPSA) is 123 Å². The van der Waals surface area contributed by atoms with E-state index in [0.717, 1.165) is 10.9 Å². The predicted molar refractivity (Wildman–Crippen MR) is 126 cm³/mol. The highest BCUT2D eigenvalue weighted by molar-refractivity contribution is 7.90. The lowest BCUT2D eigenvalue weighted by Gasteiger charge is -2.19. The molecule has 3 aromatic rings. The second kappa shape index (κ2) is 10.1. The summed E-state index contributed by atoms with van der Waals surface area (Å²) < 4.78 is 39.9. The van der Waals surface area contributed by atoms with Crippen LogP contribution >= 0.6 is 0 Å². The summed E-state index contributed by atoms with van der Waals surface area (Å²) in [7, 11) is -1.65. The van der Waals surface area contributed by atoms with Gasteiger partial charge in [-0.05, 0) is 63.2 Å². The number of alkyl carbamates (subject to hydrolysis) is 1. The lowest BCUT2D eigenvalue weighted by molar-refractivity contribution is 0.0529. The van der Waals surface area contributed by atoms with Crippen LogP contribution in [0.4, 0.5) is 4.79 Å². The Morgan fingerprint density at radius 2 is 1.76 bits per heavy atom. The quantitative estimate of drug-likeness (QED) is 0.416. The first-order chi connectivity index (χ1) is 15.6. The summed E-state index contributed by atoms with van der Waals surface area (Å²) in [4.78, 5) is 16.3. The normalized spacial score (nSPS) is 13.2. The van der Waals surface area contributed by atoms with Gasteiger partial charge < -0.3 is 19.5 Å². The maximum atomic E-state index is 12.7. The van der Waals surface area contributed by atoms with Gasteiger partial charge in [0.05, 0.1) is 17.5 Å². The first-order valence-electron chi connectivity index (χ1n) is 10.3. The number of carbonyl (C=O) groups is 1. The van der Waals surface area contributed by atoms with Crippen molar-refractivity contribution in [3.63, 3.8) is 0 Å². The third kappa shape index (κ3) is 6.80. The highest BCUT2D eigenvalue weighted by Gasteiger charge is 2.16. The average molecular weight is 473 g/mol. The van der Waals surface area contributed by atoms with E-state index in [1.807, 2.05) is 18.2 Å². The Morgan fingerprint density at radius 3 is 2.42 bits per heavy atom. The Morgan fingerprint density at radius 1 is 1.06 bits per heavy atom. The first-order valence-corrected chi connectivity index (χ1v) is 11.8. The molecule has 3 N–H and O–H groups in total. The van der Waals surface area contributed by atoms with E-state index in [-0.39, 0.29) is 13.1 Å². The predicted octanol–water partition coefficient (Wildman–Crippen LogP) is 4.47. The van der Waals surface area contributed by atoms with Crippen LogP contribution in [-0.4, -0.2) is 41.1 Å². The van der Waals surface area contributed by atoms with Crippen LogP contribution in [0.2, 0.25) is 0 Å². The van der Waals surface area contributed by atoms with Crippen LogP contribution in [0.5, 0.6) is 17.2 Å². The van der Waals surface area contributed by atoms with E-state index in [0.29, 0.717) is 22.1 Å². The van der Waals surface area contributed by atoms with Gasteiger partial charge in [-0.2, -0.15) is 0 Å². The van der Waals surface area contributed by atoms with Gasteiger partial charge in [-0.3, -0.25) is 4.98 Å². The van der Waals surface area contributed by atoms with Crippen LogP contribution in [0, 0.1) is 4.78 Å². The van der Waals surface area contributed by atoms with Crippen molar-refractivity contribution in [2.24, 2.45) is 0 Å². The van der Waals surface area contributed by atoms with Crippen molar-refractivity contribution in [2.45, 2.75) is 31.3 Å². The number of methoxy groups -OCH3 is 1. The molecule has 2 aromatic carbocycles. The minimum atomic E-state index is -3.25. The SMILES string of the molecule is COc1ccc2c(Oc3ccc(S(=N)(=O)NCCNC(=O)OC(C)(C)C)cc3)ccnc2c1. The molecule has 33 heavy (non-hydrogen) atoms. The number of benzene rings is 2. The third-order valence-electron chi connectivity index (χ3n) is 4.39. The number of rotatable bonds is 8. The van der Waals surface area contributed by atoms with Crippen LogP contribution in [0.25, 0.3) is 10.9 Å². The maximum Gasteiger partial charge on any atom is 0.407 e. The van der Waals surface area contributed by atoms with E-state index in [1.165, 1.54) is 0 Å². The van der Waals surface area contributed by atoms with Crippen molar-refractivity contribution in [3.8, 4) is 17.2 Å². The molecular formula is C23H28N4O5S. The van der Waals surface area contributed by atoms with Crippen molar-refractivity contribution < 1.29 is 23.2 Å². The minimum absolute atomic E-state index is 0.145. The van der Waals surface area contributed by atoms with E-state index in [2.05, 4.69) is 15.0 Å². The third-order valence-corrected chi connectivity index (χ3v) is 5.94. The molecule has 0 fully saturated rings. The Balaban J connectivity index is 1.60. The van der Waals surface area contributed by atoms with Gasteiger partial charge in [0.25, 0.3) is 0 Å². The van der Waals surface area contributed by atoms with Gasteiger partial charge in [0.1, 0.15) is 32.8 Å². The number of pyridine rings is 1. The van der Waals surface area contributed by atoms with Gasteiger partial charge in [0.2, 0.25) is 0 Å². The molecule has 0 aliphatic carbocycles. The summed E-state index contributed by atoms with van der Waals surface area (Å²) in [6.07, 6.45) is 1.08. The molecule has 10 heteroatoms. The summed E-state index contributed by atoms with van der Waals surface area (Å²) in [5.41, 5.74) is 0.140. The van der Waals surface area contributed by atoms with E-state index < -0.39 is 21.6 Å². The molecule has 1 aromatic heterocycles. The molecule has 0 bridgehead atoms. The zero-order chi connectivity index (χ0) is 24.1. The fourth-order valence-electron chi connectivity index (χ4n) is 2.90. The molecule has 1 unspecified atom stereocenters. The maximum absolute atomic E-state index is 12.7. The van der Waals surface area contributed by atoms with Gasteiger partial charge in [-0.25, -0.2) is 18.5 Å². The molecule has 0 saturated heterocycles. The molecule has 3 rings (SSSR count). The average Bonchev–Trinajstić information content (AvgIpc) is 2.76. The number of hydrogen-bond acceptors (Lipinski definition) is 7. The lowest BCUT2D eigenvalue weighted by Crippen LogP contribution is -2.37. The minimum Gasteiger partial charge on any atom is -0.497 e. The Labute approximate surface area is 193 Å². The first kappa shape index (κ1) is 24.3. The molecule has 0 radical (unpaired) electrons. The van der Waals surface area contributed by atoms with Crippen LogP contribution in [0.1, 0.15) is 20.8 Å². The Bertz CT molecular complexity index is 1220. The van der Waals surface area contributed by atoms with Crippen LogP contribution < -0.4 is 19.5 Å². The molecule has 0 spiro atoms. The highest BCUT2D eigenvalue weighted by atomic mass is 32.2. The largest absolute Gasteiger partial charge is 0.497 e. The summed E-state index contributed by atoms with van der Waals surface area (Å²) in [5.74, 6) is 1.85. The zero-order valence-corrected chi connectivity index (χ0v) is 19.8. The van der Waals surface area contributed by atoms with Gasteiger partial charge in [0, 0.05) is 30.7 Å². The number of ether oxygens (including phenoxy) is 3. The molecule has 0 saturated carbocycles. The second-order valence-corrected chi connectivity index (χ2v) is 10.0. The van der Waals surface area contributed by atoms with E-state index in [4.69, 9.17) is 19.0 Å². The molecular weight excluding hydrogens is 444 g/mol. The van der Waals surface area contributed by atoms with Crippen molar-refractivity contribution in [1.82, 2.24) is 15.0 Å². The lowest BCUT2D eigenvalue weighted by atomic mass is 10.2. The molecule has 0 aliphatic rings. The fraction of sp³-hybridized carbons (Fsp3) is 0.304. The molecule has 0 aliphatic heterocycles. The summed E-state index contributed by atoms with van der Waals surface area (Å²) in [6.45, 7) is 5.62. The number of carbonyl (C=O) groups excluding carboxylic acids is 1. The Kier molecular flexibility index (Phi) is 7.39. The molecule has 1 heterocycles. The highest BCUT2D eigenvalue weighted by Crippen LogP contribution is 2.31. The van der Waals surface area contributed by atoms with E-state index in [9.17, 15) is 9.00 Å². The zero-order valence-electron chi connectivity index (χ0n) is 19.0. The number of fused-ring (bicyclic) bond motifs is 1. The standard InChI is InChI=1S/C23H28N4O5S/c1-23(2,3)32-22(28)26-13-14-27-33(24,29)18-8-5-16(6-9-18)31-21-11-12-25-20-15-17(30-4)7-10-19(20)21/h5-12,15H,13-14H2,1-4H3,(H,26,28)(H2,24,27,29). The van der Waals surface area contributed by atoms with Crippen LogP contribution in [-0.2, 0) is 14.7 Å². The number of nitrogens with one attached hydrogen (secondary N) is 3. The van der Waals surface area contributed by atoms with Crippen molar-refractivity contribution in [2.75, 3.05) is 20.2 Å². The summed E-state index contributed by atoms with van der Waals surface area (Å²) >= 11 is 0. The van der Waals surface area contributed by atoms with E-state index in [1.54, 1.807) is 64.4 Å². The van der Waals surface area contributed by atoms with Crippen molar-refractivity contribution in [1.29, 1.82) is 4.78 Å². The van der Waals surface area contributed by atoms with Crippen molar-refractivity contribution in [3.05, 3.63) is 54.7 Å². The van der Waals surface area contributed by atoms with Crippen LogP contribution in [0.15, 0.2) is 59.6 Å². The van der Waals surface area contributed by atoms with Crippen molar-refractivity contribution >= 4 is 26.9 Å². The Hall–Kier alpha value is -3.37. The van der Waals surface area contributed by atoms with Gasteiger partial charge in [-0.15, -0.1) is 0 Å². The number of hydrogen-bond donors (Lipinski definition) is 3. The van der Waals surface area contributed by atoms with Gasteiger partial charge in [0.15, 0.2) is 0 Å². The number of amides is 1. The summed E-state index contributed by atoms with van der Waals surface area (Å²) in [6, 6.07) is 13.7. The van der Waals surface area contributed by atoms with E-state index >= 15 is 0 Å². The fourth-order valence-corrected chi connectivity index (χ4v) is 3.98.